The largest absolute Gasteiger partial charge is 0.359 e. The molecule has 2 spiro atoms. The highest BCUT2D eigenvalue weighted by Gasteiger charge is 2.66. The van der Waals surface area contributed by atoms with Crippen LogP contribution in [0.25, 0.3) is 10.8 Å². The molecule has 3 heterocycles. The zero-order valence-corrected chi connectivity index (χ0v) is 21.9. The van der Waals surface area contributed by atoms with Gasteiger partial charge in [-0.3, -0.25) is 4.98 Å². The van der Waals surface area contributed by atoms with Crippen molar-refractivity contribution in [2.24, 2.45) is 11.3 Å². The lowest BCUT2D eigenvalue weighted by Crippen LogP contribution is -2.55. The molecule has 2 aromatic rings. The van der Waals surface area contributed by atoms with Crippen LogP contribution in [0.1, 0.15) is 83.6 Å². The van der Waals surface area contributed by atoms with Gasteiger partial charge in [-0.05, 0) is 124 Å². The molecule has 0 N–H and O–H groups in total. The van der Waals surface area contributed by atoms with Crippen molar-refractivity contribution in [3.63, 3.8) is 0 Å². The molecule has 0 radical (unpaired) electrons. The second-order valence-corrected chi connectivity index (χ2v) is 12.8. The van der Waals surface area contributed by atoms with E-state index < -0.39 is 0 Å². The molecule has 1 saturated heterocycles. The molecule has 2 bridgehead atoms. The summed E-state index contributed by atoms with van der Waals surface area (Å²) in [5.41, 5.74) is 4.79. The van der Waals surface area contributed by atoms with Gasteiger partial charge in [0.25, 0.3) is 0 Å². The fraction of sp³-hybridized carbons (Fsp3) is 0.594. The van der Waals surface area contributed by atoms with Gasteiger partial charge in [-0.2, -0.15) is 0 Å². The molecule has 1 unspecified atom stereocenters. The quantitative estimate of drug-likeness (QED) is 0.477. The molecule has 3 aliphatic carbocycles. The number of nitrogens with zero attached hydrogens (tertiary/aromatic N) is 2. The Morgan fingerprint density at radius 3 is 2.83 bits per heavy atom. The molecule has 3 heteroatoms. The first-order chi connectivity index (χ1) is 16.8. The van der Waals surface area contributed by atoms with E-state index in [1.54, 1.807) is 5.57 Å². The van der Waals surface area contributed by atoms with Crippen LogP contribution in [0.2, 0.25) is 0 Å². The van der Waals surface area contributed by atoms with Crippen molar-refractivity contribution in [1.82, 2.24) is 9.88 Å². The van der Waals surface area contributed by atoms with Crippen LogP contribution in [0.3, 0.4) is 0 Å². The van der Waals surface area contributed by atoms with Crippen molar-refractivity contribution >= 4 is 10.8 Å². The van der Waals surface area contributed by atoms with Gasteiger partial charge in [0, 0.05) is 29.9 Å². The van der Waals surface area contributed by atoms with E-state index in [9.17, 15) is 0 Å². The minimum absolute atomic E-state index is 0.0195. The Kier molecular flexibility index (Phi) is 4.78. The molecule has 2 aliphatic heterocycles. The molecule has 5 aliphatic rings. The van der Waals surface area contributed by atoms with E-state index in [0.29, 0.717) is 23.9 Å². The zero-order chi connectivity index (χ0) is 24.0. The molecule has 0 amide bonds. The summed E-state index contributed by atoms with van der Waals surface area (Å²) in [5.74, 6) is 1.19. The molecule has 1 aromatic carbocycles. The summed E-state index contributed by atoms with van der Waals surface area (Å²) in [6.45, 7) is 7.24. The molecular weight excluding hydrogens is 428 g/mol. The predicted molar refractivity (Wildman–Crippen MR) is 142 cm³/mol. The summed E-state index contributed by atoms with van der Waals surface area (Å²) in [4.78, 5) is 6.98. The highest BCUT2D eigenvalue weighted by Crippen LogP contribution is 2.69. The van der Waals surface area contributed by atoms with Gasteiger partial charge < -0.3 is 9.64 Å². The summed E-state index contributed by atoms with van der Waals surface area (Å²) in [6.07, 6.45) is 18.9. The summed E-state index contributed by atoms with van der Waals surface area (Å²) in [5, 5.41) is 2.56. The Morgan fingerprint density at radius 2 is 1.97 bits per heavy atom. The van der Waals surface area contributed by atoms with Crippen molar-refractivity contribution in [3.05, 3.63) is 65.5 Å². The molecule has 3 fully saturated rings. The minimum Gasteiger partial charge on any atom is -0.359 e. The number of hydrogen-bond donors (Lipinski definition) is 0. The van der Waals surface area contributed by atoms with E-state index in [0.717, 1.165) is 0 Å². The van der Waals surface area contributed by atoms with Crippen molar-refractivity contribution in [2.75, 3.05) is 7.05 Å². The molecule has 3 nitrogen and oxygen atoms in total. The first-order valence-corrected chi connectivity index (χ1v) is 14.0. The smallest absolute Gasteiger partial charge is 0.0974 e. The minimum atomic E-state index is -0.0675. The number of ether oxygens (including phenoxy) is 1. The maximum atomic E-state index is 7.50. The van der Waals surface area contributed by atoms with Gasteiger partial charge in [0.15, 0.2) is 0 Å². The third kappa shape index (κ3) is 3.01. The lowest BCUT2D eigenvalue weighted by atomic mass is 9.58. The lowest BCUT2D eigenvalue weighted by molar-refractivity contribution is -0.141. The number of rotatable bonds is 3. The first kappa shape index (κ1) is 22.2. The Labute approximate surface area is 210 Å². The van der Waals surface area contributed by atoms with Gasteiger partial charge in [-0.25, -0.2) is 0 Å². The Hall–Kier alpha value is -1.97. The van der Waals surface area contributed by atoms with Gasteiger partial charge in [0.05, 0.1) is 11.2 Å². The fourth-order valence-electron chi connectivity index (χ4n) is 9.02. The number of allylic oxidation sites excluding steroid dienone is 1. The van der Waals surface area contributed by atoms with Crippen LogP contribution in [0, 0.1) is 11.3 Å². The molecule has 2 saturated carbocycles. The van der Waals surface area contributed by atoms with Crippen LogP contribution in [0.15, 0.2) is 60.0 Å². The topological polar surface area (TPSA) is 25.4 Å². The number of aromatic nitrogens is 1. The van der Waals surface area contributed by atoms with Crippen LogP contribution in [-0.2, 0) is 4.74 Å². The van der Waals surface area contributed by atoms with Gasteiger partial charge in [0.1, 0.15) is 0 Å². The van der Waals surface area contributed by atoms with E-state index in [-0.39, 0.29) is 16.6 Å². The molecule has 1 aromatic heterocycles. The number of benzene rings is 1. The summed E-state index contributed by atoms with van der Waals surface area (Å²) in [6, 6.07) is 10.4. The first-order valence-electron chi connectivity index (χ1n) is 14.0. The predicted octanol–water partition coefficient (Wildman–Crippen LogP) is 7.19. The maximum absolute atomic E-state index is 7.50. The maximum Gasteiger partial charge on any atom is 0.0974 e. The van der Waals surface area contributed by atoms with E-state index in [4.69, 9.17) is 4.74 Å². The van der Waals surface area contributed by atoms with Crippen LogP contribution >= 0.6 is 0 Å². The Morgan fingerprint density at radius 1 is 1.09 bits per heavy atom. The molecule has 184 valence electrons. The van der Waals surface area contributed by atoms with E-state index in [1.165, 1.54) is 73.3 Å². The average molecular weight is 469 g/mol. The summed E-state index contributed by atoms with van der Waals surface area (Å²) >= 11 is 0. The summed E-state index contributed by atoms with van der Waals surface area (Å²) < 4.78 is 7.50. The van der Waals surface area contributed by atoms with Gasteiger partial charge >= 0.3 is 0 Å². The standard InChI is InChI=1S/C32H40N2O/c1-21(2)34(4)27-8-7-25-18-26-11-13-30(3)28(23-6-5-22-12-16-33-20-24(22)17-23)9-10-29(30)32(26)15-14-31(25,19-27)35-32/h5-6,11-12,16-18,20-21,27-29H,7-10,13-15,19H2,1-4H3/t27-,28?,29-,30-,31-,32-/m1/s1. The third-order valence-electron chi connectivity index (χ3n) is 11.1. The number of hydrogen-bond acceptors (Lipinski definition) is 3. The van der Waals surface area contributed by atoms with Crippen LogP contribution in [0.5, 0.6) is 0 Å². The second-order valence-electron chi connectivity index (χ2n) is 12.8. The van der Waals surface area contributed by atoms with E-state index in [1.807, 2.05) is 12.4 Å². The molecule has 35 heavy (non-hydrogen) atoms. The molecule has 7 rings (SSSR count). The summed E-state index contributed by atoms with van der Waals surface area (Å²) in [7, 11) is 2.32. The van der Waals surface area contributed by atoms with Crippen LogP contribution < -0.4 is 0 Å². The Balaban J connectivity index is 1.25. The Bertz CT molecular complexity index is 1250. The lowest BCUT2D eigenvalue weighted by Gasteiger charge is -2.55. The monoisotopic (exact) mass is 468 g/mol. The van der Waals surface area contributed by atoms with Gasteiger partial charge in [-0.15, -0.1) is 0 Å². The fourth-order valence-corrected chi connectivity index (χ4v) is 9.02. The highest BCUT2D eigenvalue weighted by molar-refractivity contribution is 5.82. The van der Waals surface area contributed by atoms with E-state index >= 15 is 0 Å². The van der Waals surface area contributed by atoms with Crippen LogP contribution in [-0.4, -0.2) is 40.2 Å². The van der Waals surface area contributed by atoms with E-state index in [2.05, 4.69) is 74.1 Å². The van der Waals surface area contributed by atoms with Crippen molar-refractivity contribution < 1.29 is 4.74 Å². The number of pyridine rings is 1. The second kappa shape index (κ2) is 7.52. The van der Waals surface area contributed by atoms with Crippen LogP contribution in [0.4, 0.5) is 0 Å². The third-order valence-corrected chi connectivity index (χ3v) is 11.1. The molecule has 6 atom stereocenters. The highest BCUT2D eigenvalue weighted by atomic mass is 16.5. The van der Waals surface area contributed by atoms with Crippen molar-refractivity contribution in [2.45, 2.75) is 101 Å². The normalized spacial score (nSPS) is 39.9. The molecular formula is C32H40N2O. The van der Waals surface area contributed by atoms with Gasteiger partial charge in [-0.1, -0.05) is 31.2 Å². The SMILES string of the molecule is CC(C)N(C)[C@@H]1CCC2=CC3=CC[C@]4(C)C(c5ccc6ccncc6c5)CC[C@H]4[C@@]34CC[C@]2(C1)O4. The van der Waals surface area contributed by atoms with Gasteiger partial charge in [0.2, 0.25) is 0 Å². The zero-order valence-electron chi connectivity index (χ0n) is 21.9. The van der Waals surface area contributed by atoms with Crippen molar-refractivity contribution in [1.29, 1.82) is 0 Å². The number of fused-ring (bicyclic) bond motifs is 2. The average Bonchev–Trinajstić information content (AvgIpc) is 3.38. The van der Waals surface area contributed by atoms with Crippen molar-refractivity contribution in [3.8, 4) is 0 Å².